The smallest absolute Gasteiger partial charge is 0.257 e. The summed E-state index contributed by atoms with van der Waals surface area (Å²) < 4.78 is 11.4. The normalized spacial score (nSPS) is 28.2. The summed E-state index contributed by atoms with van der Waals surface area (Å²) in [5.74, 6) is 1.81. The molecule has 2 fully saturated rings. The fourth-order valence-corrected chi connectivity index (χ4v) is 4.69. The lowest BCUT2D eigenvalue weighted by atomic mass is 9.57. The second kappa shape index (κ2) is 8.39. The molecule has 0 aromatic heterocycles. The summed E-state index contributed by atoms with van der Waals surface area (Å²) in [6.45, 7) is 2.97. The Bertz CT molecular complexity index is 581. The van der Waals surface area contributed by atoms with Crippen molar-refractivity contribution in [1.29, 1.82) is 0 Å². The molecule has 0 bridgehead atoms. The van der Waals surface area contributed by atoms with Crippen molar-refractivity contribution in [2.24, 2.45) is 11.3 Å². The van der Waals surface area contributed by atoms with Crippen LogP contribution < -0.4 is 10.1 Å². The lowest BCUT2D eigenvalue weighted by molar-refractivity contribution is -0.0862. The Kier molecular flexibility index (Phi) is 6.21. The molecule has 25 heavy (non-hydrogen) atoms. The van der Waals surface area contributed by atoms with Crippen molar-refractivity contribution in [2.45, 2.75) is 70.9 Å². The number of nitrogens with one attached hydrogen (secondary N) is 1. The van der Waals surface area contributed by atoms with Gasteiger partial charge in [-0.25, -0.2) is 0 Å². The Morgan fingerprint density at radius 2 is 2.00 bits per heavy atom. The average Bonchev–Trinajstić information content (AvgIpc) is 2.64. The lowest BCUT2D eigenvalue weighted by Crippen LogP contribution is -2.50. The number of rotatable bonds is 6. The van der Waals surface area contributed by atoms with E-state index in [1.165, 1.54) is 44.9 Å². The third-order valence-corrected chi connectivity index (χ3v) is 6.45. The highest BCUT2D eigenvalue weighted by Crippen LogP contribution is 2.54. The zero-order chi connectivity index (χ0) is 17.7. The van der Waals surface area contributed by atoms with Gasteiger partial charge in [0, 0.05) is 12.0 Å². The monoisotopic (exact) mass is 361 g/mol. The molecular formula is C21H31NO2S. The molecule has 4 heteroatoms. The molecule has 1 spiro atoms. The van der Waals surface area contributed by atoms with E-state index in [1.807, 2.05) is 18.2 Å². The first-order chi connectivity index (χ1) is 12.1. The van der Waals surface area contributed by atoms with Crippen LogP contribution in [-0.4, -0.2) is 18.4 Å². The molecule has 0 radical (unpaired) electrons. The Balaban J connectivity index is 1.45. The van der Waals surface area contributed by atoms with Gasteiger partial charge < -0.3 is 14.8 Å². The van der Waals surface area contributed by atoms with E-state index in [4.69, 9.17) is 21.7 Å². The van der Waals surface area contributed by atoms with Gasteiger partial charge in [0.05, 0.1) is 7.11 Å². The van der Waals surface area contributed by atoms with E-state index in [1.54, 1.807) is 7.11 Å². The third-order valence-electron chi connectivity index (χ3n) is 6.21. The summed E-state index contributed by atoms with van der Waals surface area (Å²) >= 11 is 5.44. The van der Waals surface area contributed by atoms with Crippen LogP contribution in [0.25, 0.3) is 0 Å². The molecule has 0 heterocycles. The van der Waals surface area contributed by atoms with Crippen LogP contribution in [0.4, 0.5) is 0 Å². The summed E-state index contributed by atoms with van der Waals surface area (Å²) in [6.07, 6.45) is 10.9. The number of thiocarbonyl (C=S) groups is 1. The molecule has 0 unspecified atom stereocenters. The Morgan fingerprint density at radius 1 is 1.24 bits per heavy atom. The minimum Gasteiger partial charge on any atom is -0.497 e. The molecule has 0 amide bonds. The molecule has 0 saturated heterocycles. The minimum atomic E-state index is 0.320. The van der Waals surface area contributed by atoms with Crippen molar-refractivity contribution < 1.29 is 9.47 Å². The second-order valence-corrected chi connectivity index (χ2v) is 8.10. The van der Waals surface area contributed by atoms with Gasteiger partial charge in [0.1, 0.15) is 11.9 Å². The van der Waals surface area contributed by atoms with Gasteiger partial charge in [-0.3, -0.25) is 0 Å². The fourth-order valence-electron chi connectivity index (χ4n) is 4.50. The number of benzene rings is 1. The summed E-state index contributed by atoms with van der Waals surface area (Å²) in [7, 11) is 1.69. The maximum atomic E-state index is 6.14. The first-order valence-corrected chi connectivity index (χ1v) is 10.1. The zero-order valence-corrected chi connectivity index (χ0v) is 16.4. The number of hydrogen-bond acceptors (Lipinski definition) is 3. The first kappa shape index (κ1) is 18.5. The minimum absolute atomic E-state index is 0.320. The van der Waals surface area contributed by atoms with Crippen LogP contribution >= 0.6 is 12.2 Å². The molecule has 0 aliphatic heterocycles. The third kappa shape index (κ3) is 4.46. The van der Waals surface area contributed by atoms with Gasteiger partial charge in [-0.15, -0.1) is 0 Å². The van der Waals surface area contributed by atoms with Crippen LogP contribution in [0.5, 0.6) is 5.75 Å². The molecule has 2 aliphatic rings. The van der Waals surface area contributed by atoms with Crippen molar-refractivity contribution >= 4 is 17.4 Å². The average molecular weight is 362 g/mol. The Labute approximate surface area is 157 Å². The summed E-state index contributed by atoms with van der Waals surface area (Å²) in [5, 5.41) is 3.80. The summed E-state index contributed by atoms with van der Waals surface area (Å²) in [5.41, 5.74) is 1.56. The molecule has 2 aliphatic carbocycles. The molecule has 3 nitrogen and oxygen atoms in total. The second-order valence-electron chi connectivity index (χ2n) is 7.73. The fraction of sp³-hybridized carbons (Fsp3) is 0.667. The molecule has 2 saturated carbocycles. The lowest BCUT2D eigenvalue weighted by Gasteiger charge is -2.52. The predicted molar refractivity (Wildman–Crippen MR) is 106 cm³/mol. The van der Waals surface area contributed by atoms with Crippen molar-refractivity contribution in [1.82, 2.24) is 5.32 Å². The van der Waals surface area contributed by atoms with Crippen LogP contribution in [0.1, 0.15) is 63.9 Å². The van der Waals surface area contributed by atoms with E-state index in [-0.39, 0.29) is 0 Å². The van der Waals surface area contributed by atoms with Gasteiger partial charge in [-0.1, -0.05) is 31.9 Å². The van der Waals surface area contributed by atoms with Gasteiger partial charge in [0.15, 0.2) is 0 Å². The summed E-state index contributed by atoms with van der Waals surface area (Å²) in [4.78, 5) is 0. The van der Waals surface area contributed by atoms with Crippen LogP contribution in [-0.2, 0) is 11.3 Å². The van der Waals surface area contributed by atoms with Crippen molar-refractivity contribution in [3.63, 3.8) is 0 Å². The van der Waals surface area contributed by atoms with Gasteiger partial charge in [0.2, 0.25) is 0 Å². The number of methoxy groups -OCH3 is 1. The molecule has 1 N–H and O–H groups in total. The van der Waals surface area contributed by atoms with Gasteiger partial charge in [-0.05, 0) is 74.4 Å². The van der Waals surface area contributed by atoms with E-state index in [2.05, 4.69) is 18.3 Å². The predicted octanol–water partition coefficient (Wildman–Crippen LogP) is 5.23. The number of hydrogen-bond donors (Lipinski definition) is 1. The maximum Gasteiger partial charge on any atom is 0.257 e. The van der Waals surface area contributed by atoms with Gasteiger partial charge in [0.25, 0.3) is 5.17 Å². The van der Waals surface area contributed by atoms with Crippen molar-refractivity contribution in [3.05, 3.63) is 29.8 Å². The molecule has 1 aromatic carbocycles. The van der Waals surface area contributed by atoms with Crippen LogP contribution in [0.15, 0.2) is 24.3 Å². The Hall–Kier alpha value is -1.29. The van der Waals surface area contributed by atoms with Crippen molar-refractivity contribution in [2.75, 3.05) is 7.11 Å². The van der Waals surface area contributed by atoms with Crippen LogP contribution in [0.2, 0.25) is 0 Å². The van der Waals surface area contributed by atoms with E-state index < -0.39 is 0 Å². The molecular weight excluding hydrogens is 330 g/mol. The van der Waals surface area contributed by atoms with E-state index in [0.29, 0.717) is 23.2 Å². The number of ether oxygens (including phenoxy) is 2. The topological polar surface area (TPSA) is 30.5 Å². The zero-order valence-electron chi connectivity index (χ0n) is 15.6. The molecule has 3 rings (SSSR count). The van der Waals surface area contributed by atoms with Gasteiger partial charge >= 0.3 is 0 Å². The largest absolute Gasteiger partial charge is 0.497 e. The van der Waals surface area contributed by atoms with Gasteiger partial charge in [-0.2, -0.15) is 0 Å². The highest BCUT2D eigenvalue weighted by molar-refractivity contribution is 7.80. The van der Waals surface area contributed by atoms with Crippen LogP contribution in [0, 0.1) is 11.3 Å². The Morgan fingerprint density at radius 3 is 2.64 bits per heavy atom. The molecule has 1 aromatic rings. The highest BCUT2D eigenvalue weighted by Gasteiger charge is 2.50. The highest BCUT2D eigenvalue weighted by atomic mass is 32.1. The standard InChI is InChI=1S/C21H31NO2S/c1-3-5-16-8-11-21(12-9-16)13-10-19(21)24-20(25)22-15-17-6-4-7-18(14-17)23-2/h4,6-7,14,16,19H,3,5,8-13,15H2,1-2H3,(H,22,25)/t16?,19-,21?/m0/s1. The summed E-state index contributed by atoms with van der Waals surface area (Å²) in [6, 6.07) is 8.04. The quantitative estimate of drug-likeness (QED) is 0.703. The first-order valence-electron chi connectivity index (χ1n) is 9.72. The molecule has 1 atom stereocenters. The van der Waals surface area contributed by atoms with E-state index >= 15 is 0 Å². The van der Waals surface area contributed by atoms with E-state index in [9.17, 15) is 0 Å². The van der Waals surface area contributed by atoms with E-state index in [0.717, 1.165) is 23.7 Å². The van der Waals surface area contributed by atoms with Crippen LogP contribution in [0.3, 0.4) is 0 Å². The SMILES string of the molecule is CCCC1CCC2(CC1)CC[C@@H]2OC(=S)NCc1cccc(OC)c1. The van der Waals surface area contributed by atoms with Crippen molar-refractivity contribution in [3.8, 4) is 5.75 Å². The molecule has 138 valence electrons. The maximum absolute atomic E-state index is 6.14.